The summed E-state index contributed by atoms with van der Waals surface area (Å²) in [5.74, 6) is -0.664. The maximum atomic E-state index is 15.6. The molecule has 41 heavy (non-hydrogen) atoms. The van der Waals surface area contributed by atoms with Crippen molar-refractivity contribution in [1.29, 1.82) is 5.26 Å². The fraction of sp³-hybridized carbons (Fsp3) is 0.333. The molecule has 5 rings (SSSR count). The van der Waals surface area contributed by atoms with E-state index in [4.69, 9.17) is 32.7 Å². The summed E-state index contributed by atoms with van der Waals surface area (Å²) < 4.78 is 28.1. The Kier molecular flexibility index (Phi) is 7.35. The van der Waals surface area contributed by atoms with Crippen LogP contribution in [0.4, 0.5) is 9.18 Å². The van der Waals surface area contributed by atoms with Gasteiger partial charge in [0.25, 0.3) is 5.56 Å². The fourth-order valence-electron chi connectivity index (χ4n) is 4.25. The van der Waals surface area contributed by atoms with Crippen LogP contribution in [0, 0.1) is 17.1 Å². The van der Waals surface area contributed by atoms with Gasteiger partial charge < -0.3 is 14.8 Å². The van der Waals surface area contributed by atoms with Gasteiger partial charge in [-0.15, -0.1) is 0 Å². The fourth-order valence-corrected chi connectivity index (χ4v) is 4.72. The number of halogens is 3. The molecular formula is C27H24Cl2FN7O4. The summed E-state index contributed by atoms with van der Waals surface area (Å²) in [6.45, 7) is 5.08. The first kappa shape index (κ1) is 28.3. The second-order valence-corrected chi connectivity index (χ2v) is 11.2. The molecule has 3 heterocycles. The Morgan fingerprint density at radius 3 is 2.71 bits per heavy atom. The van der Waals surface area contributed by atoms with Crippen LogP contribution in [0.25, 0.3) is 33.3 Å². The van der Waals surface area contributed by atoms with Crippen LogP contribution in [0.1, 0.15) is 44.9 Å². The number of nitrogens with one attached hydrogen (secondary N) is 2. The summed E-state index contributed by atoms with van der Waals surface area (Å²) in [4.78, 5) is 29.3. The maximum Gasteiger partial charge on any atom is 0.407 e. The first-order valence-electron chi connectivity index (χ1n) is 12.5. The summed E-state index contributed by atoms with van der Waals surface area (Å²) >= 11 is 12.7. The maximum absolute atomic E-state index is 15.6. The normalized spacial score (nSPS) is 13.2. The van der Waals surface area contributed by atoms with Crippen molar-refractivity contribution in [2.24, 2.45) is 7.05 Å². The van der Waals surface area contributed by atoms with Crippen LogP contribution in [0.15, 0.2) is 23.1 Å². The van der Waals surface area contributed by atoms with E-state index in [2.05, 4.69) is 25.6 Å². The number of hydrogen-bond acceptors (Lipinski definition) is 8. The van der Waals surface area contributed by atoms with Crippen molar-refractivity contribution in [3.63, 3.8) is 0 Å². The molecule has 11 nitrogen and oxygen atoms in total. The zero-order valence-corrected chi connectivity index (χ0v) is 23.9. The van der Waals surface area contributed by atoms with E-state index in [1.807, 2.05) is 6.07 Å². The van der Waals surface area contributed by atoms with Gasteiger partial charge in [-0.2, -0.15) is 15.5 Å². The van der Waals surface area contributed by atoms with Gasteiger partial charge in [-0.3, -0.25) is 9.48 Å². The van der Waals surface area contributed by atoms with Gasteiger partial charge in [0.1, 0.15) is 28.1 Å². The average molecular weight is 600 g/mol. The van der Waals surface area contributed by atoms with Crippen LogP contribution < -0.4 is 15.6 Å². The largest absolute Gasteiger partial charge is 0.489 e. The van der Waals surface area contributed by atoms with Gasteiger partial charge in [0.2, 0.25) is 0 Å². The van der Waals surface area contributed by atoms with Gasteiger partial charge in [-0.25, -0.2) is 19.3 Å². The number of pyridine rings is 1. The van der Waals surface area contributed by atoms with E-state index in [0.717, 1.165) is 12.8 Å². The highest BCUT2D eigenvalue weighted by molar-refractivity contribution is 6.34. The van der Waals surface area contributed by atoms with E-state index in [1.165, 1.54) is 23.0 Å². The molecule has 1 saturated carbocycles. The zero-order chi connectivity index (χ0) is 29.6. The van der Waals surface area contributed by atoms with Crippen LogP contribution >= 0.6 is 23.2 Å². The van der Waals surface area contributed by atoms with E-state index in [-0.39, 0.29) is 62.2 Å². The third-order valence-corrected chi connectivity index (χ3v) is 6.72. The average Bonchev–Trinajstić information content (AvgIpc) is 3.63. The number of aromatic nitrogens is 5. The lowest BCUT2D eigenvalue weighted by molar-refractivity contribution is 0.0523. The molecule has 1 aromatic carbocycles. The molecule has 0 bridgehead atoms. The van der Waals surface area contributed by atoms with Crippen molar-refractivity contribution in [1.82, 2.24) is 30.3 Å². The van der Waals surface area contributed by atoms with Crippen LogP contribution in [-0.2, 0) is 18.3 Å². The molecular weight excluding hydrogens is 576 g/mol. The number of amides is 1. The van der Waals surface area contributed by atoms with Crippen LogP contribution in [-0.4, -0.2) is 42.8 Å². The van der Waals surface area contributed by atoms with Crippen molar-refractivity contribution in [2.45, 2.75) is 51.9 Å². The lowest BCUT2D eigenvalue weighted by atomic mass is 9.98. The van der Waals surface area contributed by atoms with Crippen molar-refractivity contribution < 1.29 is 18.7 Å². The van der Waals surface area contributed by atoms with E-state index in [0.29, 0.717) is 10.9 Å². The highest BCUT2D eigenvalue weighted by Crippen LogP contribution is 2.43. The summed E-state index contributed by atoms with van der Waals surface area (Å²) in [7, 11) is 1.58. The molecule has 3 aromatic heterocycles. The number of aryl methyl sites for hydroxylation is 1. The van der Waals surface area contributed by atoms with Crippen LogP contribution in [0.2, 0.25) is 10.2 Å². The summed E-state index contributed by atoms with van der Waals surface area (Å²) in [6, 6.07) is 4.87. The Morgan fingerprint density at radius 2 is 2.05 bits per heavy atom. The summed E-state index contributed by atoms with van der Waals surface area (Å²) in [5.41, 5.74) is -0.489. The minimum atomic E-state index is -0.830. The Labute approximate surface area is 243 Å². The van der Waals surface area contributed by atoms with E-state index in [9.17, 15) is 14.9 Å². The number of carbonyl (C=O) groups excluding carboxylic acids is 1. The van der Waals surface area contributed by atoms with E-state index >= 15 is 4.39 Å². The smallest absolute Gasteiger partial charge is 0.407 e. The zero-order valence-electron chi connectivity index (χ0n) is 22.4. The lowest BCUT2D eigenvalue weighted by Gasteiger charge is -2.19. The molecule has 0 unspecified atom stereocenters. The molecule has 1 amide bonds. The molecule has 1 aliphatic carbocycles. The SMILES string of the molecule is Cn1ncc(-c2cc3c(CNC(=O)OC(C)(C)C)n[nH]c(=O)c3c(Cl)n2)c1-c1c(F)c(Cl)cc(OC2CC2)c1C#N. The van der Waals surface area contributed by atoms with E-state index < -0.39 is 23.1 Å². The molecule has 0 aliphatic heterocycles. The van der Waals surface area contributed by atoms with Gasteiger partial charge in [0, 0.05) is 24.1 Å². The molecule has 4 aromatic rings. The number of alkyl carbamates (subject to hydrolysis) is 1. The lowest BCUT2D eigenvalue weighted by Crippen LogP contribution is -2.32. The predicted molar refractivity (Wildman–Crippen MR) is 149 cm³/mol. The second-order valence-electron chi connectivity index (χ2n) is 10.5. The minimum Gasteiger partial charge on any atom is -0.489 e. The number of H-pyrrole nitrogens is 1. The molecule has 0 atom stereocenters. The summed E-state index contributed by atoms with van der Waals surface area (Å²) in [5, 5.41) is 23.3. The quantitative estimate of drug-likeness (QED) is 0.285. The Morgan fingerprint density at radius 1 is 1.32 bits per heavy atom. The predicted octanol–water partition coefficient (Wildman–Crippen LogP) is 5.27. The topological polar surface area (TPSA) is 148 Å². The Bertz CT molecular complexity index is 1800. The number of hydrogen-bond donors (Lipinski definition) is 2. The highest BCUT2D eigenvalue weighted by Gasteiger charge is 2.30. The third-order valence-electron chi connectivity index (χ3n) is 6.17. The molecule has 0 radical (unpaired) electrons. The van der Waals surface area contributed by atoms with Gasteiger partial charge in [0.15, 0.2) is 5.82 Å². The van der Waals surface area contributed by atoms with Crippen molar-refractivity contribution in [2.75, 3.05) is 0 Å². The molecule has 212 valence electrons. The Hall–Kier alpha value is -4.21. The minimum absolute atomic E-state index is 0.0450. The number of carbonyl (C=O) groups is 1. The molecule has 0 saturated heterocycles. The molecule has 14 heteroatoms. The molecule has 2 N–H and O–H groups in total. The van der Waals surface area contributed by atoms with E-state index in [1.54, 1.807) is 27.8 Å². The number of fused-ring (bicyclic) bond motifs is 1. The molecule has 1 fully saturated rings. The van der Waals surface area contributed by atoms with Crippen LogP contribution in [0.5, 0.6) is 5.75 Å². The standard InChI is InChI=1S/C27H24Cl2FN7O4/c1-27(2,3)41-26(39)32-11-18-13-7-17(34-24(29)21(13)25(38)36-35-18)15-10-33-37(4)23(15)20-14(9-31)19(40-12-5-6-12)8-16(28)22(20)30/h7-8,10,12H,5-6,11H2,1-4H3,(H,32,39)(H,36,38). The van der Waals surface area contributed by atoms with Gasteiger partial charge in [0.05, 0.1) is 51.9 Å². The Balaban J connectivity index is 1.65. The number of aromatic amines is 1. The number of rotatable bonds is 6. The van der Waals surface area contributed by atoms with Crippen LogP contribution in [0.3, 0.4) is 0 Å². The number of benzene rings is 1. The first-order chi connectivity index (χ1) is 19.4. The van der Waals surface area contributed by atoms with Crippen molar-refractivity contribution in [3.8, 4) is 34.3 Å². The second kappa shape index (κ2) is 10.6. The van der Waals surface area contributed by atoms with Gasteiger partial charge in [-0.05, 0) is 39.7 Å². The monoisotopic (exact) mass is 599 g/mol. The number of ether oxygens (including phenoxy) is 2. The number of nitriles is 1. The van der Waals surface area contributed by atoms with Gasteiger partial charge >= 0.3 is 6.09 Å². The number of nitrogens with zero attached hydrogens (tertiary/aromatic N) is 5. The first-order valence-corrected chi connectivity index (χ1v) is 13.3. The highest BCUT2D eigenvalue weighted by atomic mass is 35.5. The van der Waals surface area contributed by atoms with Crippen molar-refractivity contribution >= 4 is 40.1 Å². The third kappa shape index (κ3) is 5.68. The van der Waals surface area contributed by atoms with Gasteiger partial charge in [-0.1, -0.05) is 23.2 Å². The van der Waals surface area contributed by atoms with Crippen molar-refractivity contribution in [3.05, 3.63) is 55.9 Å². The summed E-state index contributed by atoms with van der Waals surface area (Å²) in [6.07, 6.45) is 2.33. The molecule has 1 aliphatic rings. The molecule has 0 spiro atoms.